The van der Waals surface area contributed by atoms with Crippen LogP contribution in [0.4, 0.5) is 0 Å². The highest BCUT2D eigenvalue weighted by Crippen LogP contribution is 2.34. The lowest BCUT2D eigenvalue weighted by molar-refractivity contribution is -0.141. The van der Waals surface area contributed by atoms with Crippen LogP contribution in [-0.2, 0) is 22.6 Å². The number of aliphatic carboxylic acids is 1. The van der Waals surface area contributed by atoms with Gasteiger partial charge in [-0.05, 0) is 17.7 Å². The molecule has 1 N–H and O–H groups in total. The maximum atomic E-state index is 11.9. The Labute approximate surface area is 121 Å². The second-order valence-corrected chi connectivity index (χ2v) is 5.60. The normalized spacial score (nSPS) is 20.9. The van der Waals surface area contributed by atoms with Crippen molar-refractivity contribution in [1.29, 1.82) is 0 Å². The van der Waals surface area contributed by atoms with Gasteiger partial charge in [0.05, 0.1) is 12.5 Å². The molecule has 0 spiro atoms. The number of rotatable bonds is 3. The summed E-state index contributed by atoms with van der Waals surface area (Å²) >= 11 is 6.08. The Morgan fingerprint density at radius 3 is 3.00 bits per heavy atom. The first-order valence-corrected chi connectivity index (χ1v) is 6.87. The molecular formula is C14H14ClNO4. The van der Waals surface area contributed by atoms with Crippen molar-refractivity contribution in [2.45, 2.75) is 19.4 Å². The molecule has 2 heterocycles. The highest BCUT2D eigenvalue weighted by Gasteiger charge is 2.34. The number of hydrogen-bond donors (Lipinski definition) is 1. The number of hydrogen-bond acceptors (Lipinski definition) is 3. The first-order valence-electron chi connectivity index (χ1n) is 6.49. The molecule has 0 saturated carbocycles. The molecular weight excluding hydrogens is 282 g/mol. The van der Waals surface area contributed by atoms with Gasteiger partial charge in [-0.1, -0.05) is 11.6 Å². The summed E-state index contributed by atoms with van der Waals surface area (Å²) in [5.74, 6) is -0.880. The molecule has 0 aliphatic carbocycles. The van der Waals surface area contributed by atoms with E-state index in [2.05, 4.69) is 0 Å². The van der Waals surface area contributed by atoms with E-state index in [0.29, 0.717) is 18.2 Å². The molecule has 1 amide bonds. The quantitative estimate of drug-likeness (QED) is 0.922. The Kier molecular flexibility index (Phi) is 3.30. The van der Waals surface area contributed by atoms with E-state index >= 15 is 0 Å². The smallest absolute Gasteiger partial charge is 0.308 e. The van der Waals surface area contributed by atoms with Gasteiger partial charge in [0.1, 0.15) is 5.75 Å². The molecule has 5 nitrogen and oxygen atoms in total. The number of amides is 1. The zero-order valence-corrected chi connectivity index (χ0v) is 11.5. The molecule has 0 radical (unpaired) electrons. The third-order valence-electron chi connectivity index (χ3n) is 3.75. The maximum absolute atomic E-state index is 11.9. The molecule has 1 fully saturated rings. The summed E-state index contributed by atoms with van der Waals surface area (Å²) in [5.41, 5.74) is 1.90. The van der Waals surface area contributed by atoms with Crippen LogP contribution in [0.15, 0.2) is 12.1 Å². The number of benzene rings is 1. The van der Waals surface area contributed by atoms with Crippen LogP contribution in [-0.4, -0.2) is 35.0 Å². The Balaban J connectivity index is 1.82. The summed E-state index contributed by atoms with van der Waals surface area (Å²) in [4.78, 5) is 24.4. The number of carbonyl (C=O) groups excluding carboxylic acids is 1. The van der Waals surface area contributed by atoms with Crippen molar-refractivity contribution in [3.8, 4) is 5.75 Å². The molecule has 106 valence electrons. The average molecular weight is 296 g/mol. The monoisotopic (exact) mass is 295 g/mol. The van der Waals surface area contributed by atoms with Crippen molar-refractivity contribution in [1.82, 2.24) is 4.90 Å². The summed E-state index contributed by atoms with van der Waals surface area (Å²) in [6, 6.07) is 3.66. The number of fused-ring (bicyclic) bond motifs is 1. The lowest BCUT2D eigenvalue weighted by Crippen LogP contribution is -2.26. The average Bonchev–Trinajstić information content (AvgIpc) is 2.96. The number of halogens is 1. The molecule has 3 rings (SSSR count). The molecule has 0 bridgehead atoms. The largest absolute Gasteiger partial charge is 0.493 e. The third-order valence-corrected chi connectivity index (χ3v) is 3.97. The van der Waals surface area contributed by atoms with Gasteiger partial charge in [-0.25, -0.2) is 0 Å². The van der Waals surface area contributed by atoms with Crippen molar-refractivity contribution in [3.63, 3.8) is 0 Å². The van der Waals surface area contributed by atoms with E-state index in [-0.39, 0.29) is 18.9 Å². The zero-order chi connectivity index (χ0) is 14.3. The highest BCUT2D eigenvalue weighted by molar-refractivity contribution is 6.30. The number of carbonyl (C=O) groups is 2. The fraction of sp³-hybridized carbons (Fsp3) is 0.429. The summed E-state index contributed by atoms with van der Waals surface area (Å²) in [6.45, 7) is 1.22. The molecule has 2 aliphatic heterocycles. The van der Waals surface area contributed by atoms with Crippen LogP contribution in [0.25, 0.3) is 0 Å². The Bertz CT molecular complexity index is 587. The minimum Gasteiger partial charge on any atom is -0.493 e. The predicted molar refractivity (Wildman–Crippen MR) is 71.8 cm³/mol. The van der Waals surface area contributed by atoms with Crippen LogP contribution in [0, 0.1) is 5.92 Å². The van der Waals surface area contributed by atoms with Crippen molar-refractivity contribution < 1.29 is 19.4 Å². The zero-order valence-electron chi connectivity index (χ0n) is 10.8. The van der Waals surface area contributed by atoms with E-state index in [1.165, 1.54) is 0 Å². The minimum atomic E-state index is -0.923. The Morgan fingerprint density at radius 1 is 1.50 bits per heavy atom. The van der Waals surface area contributed by atoms with E-state index in [0.717, 1.165) is 23.3 Å². The summed E-state index contributed by atoms with van der Waals surface area (Å²) < 4.78 is 5.59. The third kappa shape index (κ3) is 2.33. The fourth-order valence-corrected chi connectivity index (χ4v) is 3.02. The lowest BCUT2D eigenvalue weighted by atomic mass is 10.1. The summed E-state index contributed by atoms with van der Waals surface area (Å²) in [7, 11) is 0. The second kappa shape index (κ2) is 4.98. The lowest BCUT2D eigenvalue weighted by Gasteiger charge is -2.18. The highest BCUT2D eigenvalue weighted by atomic mass is 35.5. The van der Waals surface area contributed by atoms with Gasteiger partial charge < -0.3 is 14.7 Å². The molecule has 1 atom stereocenters. The Hall–Kier alpha value is -1.75. The van der Waals surface area contributed by atoms with Gasteiger partial charge in [-0.15, -0.1) is 0 Å². The van der Waals surface area contributed by atoms with Crippen molar-refractivity contribution >= 4 is 23.5 Å². The maximum Gasteiger partial charge on any atom is 0.308 e. The molecule has 0 aromatic heterocycles. The van der Waals surface area contributed by atoms with Crippen molar-refractivity contribution in [2.24, 2.45) is 5.92 Å². The van der Waals surface area contributed by atoms with Gasteiger partial charge in [-0.2, -0.15) is 0 Å². The molecule has 1 aromatic carbocycles. The van der Waals surface area contributed by atoms with Gasteiger partial charge in [0.15, 0.2) is 0 Å². The van der Waals surface area contributed by atoms with E-state index < -0.39 is 11.9 Å². The van der Waals surface area contributed by atoms with E-state index in [9.17, 15) is 9.59 Å². The van der Waals surface area contributed by atoms with E-state index in [1.807, 2.05) is 6.07 Å². The van der Waals surface area contributed by atoms with Crippen LogP contribution in [0.2, 0.25) is 5.02 Å². The molecule has 1 saturated heterocycles. The van der Waals surface area contributed by atoms with Crippen LogP contribution >= 0.6 is 11.6 Å². The van der Waals surface area contributed by atoms with Gasteiger partial charge in [0.25, 0.3) is 0 Å². The molecule has 1 aromatic rings. The van der Waals surface area contributed by atoms with E-state index in [1.54, 1.807) is 11.0 Å². The van der Waals surface area contributed by atoms with Crippen LogP contribution in [0.5, 0.6) is 5.75 Å². The number of likely N-dealkylation sites (tertiary alicyclic amines) is 1. The minimum absolute atomic E-state index is 0.0684. The van der Waals surface area contributed by atoms with Gasteiger partial charge in [-0.3, -0.25) is 9.59 Å². The standard InChI is InChI=1S/C14H14ClNO4/c15-11-3-8-1-2-20-13(8)9(4-11)6-16-7-10(14(18)19)5-12(16)17/h3-4,10H,1-2,5-7H2,(H,18,19). The van der Waals surface area contributed by atoms with Crippen LogP contribution in [0.3, 0.4) is 0 Å². The van der Waals surface area contributed by atoms with Gasteiger partial charge in [0.2, 0.25) is 5.91 Å². The predicted octanol–water partition coefficient (Wildman–Crippen LogP) is 1.71. The molecule has 1 unspecified atom stereocenters. The van der Waals surface area contributed by atoms with Crippen LogP contribution < -0.4 is 4.74 Å². The van der Waals surface area contributed by atoms with Gasteiger partial charge >= 0.3 is 5.97 Å². The number of carboxylic acids is 1. The number of ether oxygens (including phenoxy) is 1. The molecule has 20 heavy (non-hydrogen) atoms. The summed E-state index contributed by atoms with van der Waals surface area (Å²) in [5, 5.41) is 9.61. The molecule has 2 aliphatic rings. The Morgan fingerprint density at radius 2 is 2.30 bits per heavy atom. The number of carboxylic acid groups (broad SMARTS) is 1. The SMILES string of the molecule is O=C(O)C1CC(=O)N(Cc2cc(Cl)cc3c2OCC3)C1. The number of nitrogens with zero attached hydrogens (tertiary/aromatic N) is 1. The first kappa shape index (κ1) is 13.2. The molecule has 6 heteroatoms. The van der Waals surface area contributed by atoms with Crippen molar-refractivity contribution in [2.75, 3.05) is 13.2 Å². The van der Waals surface area contributed by atoms with E-state index in [4.69, 9.17) is 21.4 Å². The van der Waals surface area contributed by atoms with Crippen molar-refractivity contribution in [3.05, 3.63) is 28.3 Å². The first-order chi connectivity index (χ1) is 9.54. The van der Waals surface area contributed by atoms with Crippen LogP contribution in [0.1, 0.15) is 17.5 Å². The van der Waals surface area contributed by atoms with Gasteiger partial charge in [0, 0.05) is 36.5 Å². The second-order valence-electron chi connectivity index (χ2n) is 5.17. The fourth-order valence-electron chi connectivity index (χ4n) is 2.76. The topological polar surface area (TPSA) is 66.8 Å². The summed E-state index contributed by atoms with van der Waals surface area (Å²) in [6.07, 6.45) is 0.882.